The van der Waals surface area contributed by atoms with Crippen LogP contribution in [0.3, 0.4) is 0 Å². The highest BCUT2D eigenvalue weighted by Gasteiger charge is 2.25. The van der Waals surface area contributed by atoms with Crippen LogP contribution in [-0.4, -0.2) is 47.1 Å². The fraction of sp³-hybridized carbons (Fsp3) is 0.548. The largest absolute Gasteiger partial charge is 0.444 e. The Bertz CT molecular complexity index is 967. The minimum atomic E-state index is -0.375. The average molecular weight is 531 g/mol. The first kappa shape index (κ1) is 32.7. The van der Waals surface area contributed by atoms with Gasteiger partial charge in [-0.3, -0.25) is 4.99 Å². The Labute approximate surface area is 230 Å². The molecule has 37 heavy (non-hydrogen) atoms. The molecule has 1 aromatic rings. The number of hydrogen-bond acceptors (Lipinski definition) is 4. The van der Waals surface area contributed by atoms with Gasteiger partial charge in [0.2, 0.25) is 0 Å². The summed E-state index contributed by atoms with van der Waals surface area (Å²) in [6.07, 6.45) is 7.17. The van der Waals surface area contributed by atoms with Crippen molar-refractivity contribution in [3.63, 3.8) is 0 Å². The Morgan fingerprint density at radius 3 is 2.41 bits per heavy atom. The van der Waals surface area contributed by atoms with E-state index in [1.54, 1.807) is 6.20 Å². The number of likely N-dealkylation sites (tertiary alicyclic amines) is 1. The van der Waals surface area contributed by atoms with E-state index in [1.165, 1.54) is 5.56 Å². The molecule has 1 N–H and O–H groups in total. The summed E-state index contributed by atoms with van der Waals surface area (Å²) in [6, 6.07) is 5.91. The zero-order valence-electron chi connectivity index (χ0n) is 23.9. The molecule has 5 nitrogen and oxygen atoms in total. The number of carbonyl (C=O) groups is 1. The van der Waals surface area contributed by atoms with E-state index < -0.39 is 0 Å². The topological polar surface area (TPSA) is 62.1 Å². The van der Waals surface area contributed by atoms with Crippen molar-refractivity contribution in [2.75, 3.05) is 19.7 Å². The molecular weight excluding hydrogens is 484 g/mol. The van der Waals surface area contributed by atoms with E-state index in [2.05, 4.69) is 38.1 Å². The number of benzene rings is 1. The summed E-state index contributed by atoms with van der Waals surface area (Å²) in [5, 5.41) is 9.81. The number of hydrogen-bond donors (Lipinski definition) is 1. The highest BCUT2D eigenvalue weighted by atomic mass is 35.5. The van der Waals surface area contributed by atoms with Crippen LogP contribution < -0.4 is 0 Å². The van der Waals surface area contributed by atoms with Crippen molar-refractivity contribution in [1.82, 2.24) is 4.90 Å². The van der Waals surface area contributed by atoms with Crippen molar-refractivity contribution < 1.29 is 14.6 Å². The first-order valence-electron chi connectivity index (χ1n) is 13.4. The maximum absolute atomic E-state index is 11.6. The lowest BCUT2D eigenvalue weighted by molar-refractivity contribution is 0.0190. The molecule has 1 amide bonds. The molecule has 206 valence electrons. The third-order valence-electron chi connectivity index (χ3n) is 6.22. The normalized spacial score (nSPS) is 18.9. The number of carbonyl (C=O) groups excluding carboxylic acids is 1. The van der Waals surface area contributed by atoms with E-state index in [4.69, 9.17) is 21.4 Å². The number of rotatable bonds is 4. The fourth-order valence-electron chi connectivity index (χ4n) is 4.21. The molecule has 2 aliphatic rings. The molecule has 0 saturated carbocycles. The van der Waals surface area contributed by atoms with Crippen molar-refractivity contribution >= 4 is 29.5 Å². The Balaban J connectivity index is 0.000000372. The predicted molar refractivity (Wildman–Crippen MR) is 158 cm³/mol. The quantitative estimate of drug-likeness (QED) is 0.424. The van der Waals surface area contributed by atoms with Crippen LogP contribution >= 0.6 is 11.6 Å². The smallest absolute Gasteiger partial charge is 0.410 e. The highest BCUT2D eigenvalue weighted by Crippen LogP contribution is 2.35. The number of allylic oxidation sites excluding steroid dienone is 2. The van der Waals surface area contributed by atoms with Gasteiger partial charge in [-0.1, -0.05) is 64.6 Å². The average Bonchev–Trinajstić information content (AvgIpc) is 2.94. The van der Waals surface area contributed by atoms with Crippen molar-refractivity contribution in [3.05, 3.63) is 64.9 Å². The molecule has 1 saturated heterocycles. The third kappa shape index (κ3) is 10.5. The first-order valence-corrected chi connectivity index (χ1v) is 13.8. The van der Waals surface area contributed by atoms with Gasteiger partial charge in [0.05, 0.1) is 5.71 Å². The van der Waals surface area contributed by atoms with Gasteiger partial charge in [0.25, 0.3) is 0 Å². The summed E-state index contributed by atoms with van der Waals surface area (Å²) in [4.78, 5) is 17.9. The van der Waals surface area contributed by atoms with Crippen LogP contribution in [0.25, 0.3) is 6.08 Å². The number of nitrogens with zero attached hydrogens (tertiary/aromatic N) is 2. The number of halogens is 1. The van der Waals surface area contributed by atoms with Crippen molar-refractivity contribution in [3.8, 4) is 0 Å². The van der Waals surface area contributed by atoms with E-state index in [9.17, 15) is 4.79 Å². The van der Waals surface area contributed by atoms with Gasteiger partial charge in [-0.05, 0) is 86.8 Å². The maximum atomic E-state index is 11.6. The van der Waals surface area contributed by atoms with Gasteiger partial charge in [-0.2, -0.15) is 0 Å². The standard InChI is InChI=1S/C18H20ClNO.C11H21NO2.C2H6/c1-4-20-18-12(2)14(6-5-9-21)10-15-11-16(19)7-8-17(15)13(18)3;1-9-5-7-12(8-6-9)10(13)14-11(2,3)4;1-2/h4,7-8,10-11,13,21H,1-2,5-6,9H2,3H3;9H,5-8H2,1-4H3;1-2H3. The second kappa shape index (κ2) is 15.8. The zero-order valence-corrected chi connectivity index (χ0v) is 24.7. The van der Waals surface area contributed by atoms with Crippen molar-refractivity contribution in [1.29, 1.82) is 0 Å². The fourth-order valence-corrected chi connectivity index (χ4v) is 4.39. The van der Waals surface area contributed by atoms with Crippen molar-refractivity contribution in [2.24, 2.45) is 10.9 Å². The lowest BCUT2D eigenvalue weighted by atomic mass is 9.90. The molecule has 1 heterocycles. The molecule has 0 spiro atoms. The molecule has 1 aromatic carbocycles. The van der Waals surface area contributed by atoms with Crippen LogP contribution in [0.2, 0.25) is 5.02 Å². The molecule has 1 aliphatic heterocycles. The van der Waals surface area contributed by atoms with Gasteiger partial charge in [0, 0.05) is 36.8 Å². The number of ether oxygens (including phenoxy) is 1. The number of amides is 1. The van der Waals surface area contributed by atoms with Crippen LogP contribution in [-0.2, 0) is 4.74 Å². The lowest BCUT2D eigenvalue weighted by Crippen LogP contribution is -2.41. The van der Waals surface area contributed by atoms with Crippen molar-refractivity contribution in [2.45, 2.75) is 85.7 Å². The molecular formula is C31H47ClN2O3. The Kier molecular flexibility index (Phi) is 13.9. The number of aliphatic hydroxyl groups is 1. The van der Waals surface area contributed by atoms with Crippen LogP contribution in [0.4, 0.5) is 4.79 Å². The Hall–Kier alpha value is -2.37. The number of piperidine rings is 1. The molecule has 0 radical (unpaired) electrons. The molecule has 0 aromatic heterocycles. The maximum Gasteiger partial charge on any atom is 0.410 e. The monoisotopic (exact) mass is 530 g/mol. The third-order valence-corrected chi connectivity index (χ3v) is 6.46. The molecule has 3 rings (SSSR count). The van der Waals surface area contributed by atoms with Gasteiger partial charge in [-0.15, -0.1) is 0 Å². The summed E-state index contributed by atoms with van der Waals surface area (Å²) >= 11 is 6.13. The minimum absolute atomic E-state index is 0.130. The molecule has 1 unspecified atom stereocenters. The molecule has 0 bridgehead atoms. The van der Waals surface area contributed by atoms with E-state index in [1.807, 2.05) is 57.7 Å². The van der Waals surface area contributed by atoms with Crippen LogP contribution in [0, 0.1) is 5.92 Å². The summed E-state index contributed by atoms with van der Waals surface area (Å²) in [7, 11) is 0. The summed E-state index contributed by atoms with van der Waals surface area (Å²) in [5.41, 5.74) is 4.84. The molecule has 1 fully saturated rings. The van der Waals surface area contributed by atoms with Crippen LogP contribution in [0.1, 0.15) is 91.2 Å². The predicted octanol–water partition coefficient (Wildman–Crippen LogP) is 8.43. The molecule has 1 atom stereocenters. The molecule has 6 heteroatoms. The van der Waals surface area contributed by atoms with E-state index >= 15 is 0 Å². The second-order valence-corrected chi connectivity index (χ2v) is 10.8. The van der Waals surface area contributed by atoms with Crippen LogP contribution in [0.5, 0.6) is 0 Å². The minimum Gasteiger partial charge on any atom is -0.444 e. The van der Waals surface area contributed by atoms with Gasteiger partial charge >= 0.3 is 6.09 Å². The second-order valence-electron chi connectivity index (χ2n) is 10.3. The number of fused-ring (bicyclic) bond motifs is 1. The molecule has 1 aliphatic carbocycles. The summed E-state index contributed by atoms with van der Waals surface area (Å²) in [6.45, 7) is 23.8. The lowest BCUT2D eigenvalue weighted by Gasteiger charge is -2.32. The van der Waals surface area contributed by atoms with Crippen LogP contribution in [0.15, 0.2) is 53.7 Å². The first-order chi connectivity index (χ1) is 17.5. The van der Waals surface area contributed by atoms with E-state index in [0.717, 1.165) is 60.7 Å². The zero-order chi connectivity index (χ0) is 28.2. The SMILES string of the molecule is C=CN=C1C(=C)C(CCCO)=Cc2cc(Cl)ccc2C1C.CC.CC1CCN(C(=O)OC(C)(C)C)CC1. The van der Waals surface area contributed by atoms with E-state index in [-0.39, 0.29) is 24.2 Å². The summed E-state index contributed by atoms with van der Waals surface area (Å²) in [5.74, 6) is 0.874. The van der Waals surface area contributed by atoms with Gasteiger partial charge < -0.3 is 14.7 Å². The van der Waals surface area contributed by atoms with Gasteiger partial charge in [0.1, 0.15) is 5.60 Å². The highest BCUT2D eigenvalue weighted by molar-refractivity contribution is 6.30. The number of aliphatic hydroxyl groups excluding tert-OH is 1. The van der Waals surface area contributed by atoms with Gasteiger partial charge in [0.15, 0.2) is 0 Å². The Morgan fingerprint density at radius 1 is 1.24 bits per heavy atom. The van der Waals surface area contributed by atoms with Gasteiger partial charge in [-0.25, -0.2) is 4.79 Å². The van der Waals surface area contributed by atoms with E-state index in [0.29, 0.717) is 11.4 Å². The number of aliphatic imine (C=N–C) groups is 1. The Morgan fingerprint density at radius 2 is 1.86 bits per heavy atom. The summed E-state index contributed by atoms with van der Waals surface area (Å²) < 4.78 is 5.30.